The molecule has 0 aliphatic carbocycles. The van der Waals surface area contributed by atoms with Crippen molar-refractivity contribution in [1.29, 1.82) is 0 Å². The van der Waals surface area contributed by atoms with Crippen LogP contribution in [0.5, 0.6) is 0 Å². The minimum absolute atomic E-state index is 0.0469. The second-order valence-corrected chi connectivity index (χ2v) is 4.54. The van der Waals surface area contributed by atoms with Crippen LogP contribution in [0.1, 0.15) is 18.7 Å². The number of fused-ring (bicyclic) bond motifs is 1. The molecular formula is C13H18N4O2. The highest BCUT2D eigenvalue weighted by molar-refractivity contribution is 5.87. The van der Waals surface area contributed by atoms with Gasteiger partial charge < -0.3 is 15.2 Å². The van der Waals surface area contributed by atoms with Crippen LogP contribution in [0.15, 0.2) is 25.0 Å². The Balaban J connectivity index is 1.72. The largest absolute Gasteiger partial charge is 0.353 e. The van der Waals surface area contributed by atoms with Crippen molar-refractivity contribution in [2.75, 3.05) is 6.54 Å². The lowest BCUT2D eigenvalue weighted by molar-refractivity contribution is -0.122. The van der Waals surface area contributed by atoms with Gasteiger partial charge in [-0.05, 0) is 12.5 Å². The third-order valence-corrected chi connectivity index (χ3v) is 3.15. The molecule has 0 spiro atoms. The Kier molecular flexibility index (Phi) is 4.33. The van der Waals surface area contributed by atoms with E-state index in [0.717, 1.165) is 25.2 Å². The summed E-state index contributed by atoms with van der Waals surface area (Å²) in [5.41, 5.74) is 0. The standard InChI is InChI=1S/C13H18N4O2/c1-2-12(18)15-5-3-13(19)16-10-4-7-17-8-6-14-11(17)9-10/h2,6,8,10H,1,3-5,7,9H2,(H,15,18)(H,16,19). The van der Waals surface area contributed by atoms with E-state index in [0.29, 0.717) is 6.54 Å². The van der Waals surface area contributed by atoms with Crippen molar-refractivity contribution in [1.82, 2.24) is 20.2 Å². The van der Waals surface area contributed by atoms with Crippen LogP contribution in [-0.4, -0.2) is 34.0 Å². The zero-order chi connectivity index (χ0) is 13.7. The minimum atomic E-state index is -0.257. The molecule has 1 atom stereocenters. The molecule has 2 amide bonds. The molecule has 0 radical (unpaired) electrons. The smallest absolute Gasteiger partial charge is 0.243 e. The molecule has 19 heavy (non-hydrogen) atoms. The summed E-state index contributed by atoms with van der Waals surface area (Å²) >= 11 is 0. The molecule has 1 aliphatic heterocycles. The van der Waals surface area contributed by atoms with Gasteiger partial charge in [-0.25, -0.2) is 4.98 Å². The number of hydrogen-bond acceptors (Lipinski definition) is 3. The van der Waals surface area contributed by atoms with E-state index in [1.165, 1.54) is 6.08 Å². The first-order chi connectivity index (χ1) is 9.19. The monoisotopic (exact) mass is 262 g/mol. The number of carbonyl (C=O) groups is 2. The third-order valence-electron chi connectivity index (χ3n) is 3.15. The molecule has 0 aromatic carbocycles. The van der Waals surface area contributed by atoms with E-state index in [9.17, 15) is 9.59 Å². The summed E-state index contributed by atoms with van der Waals surface area (Å²) < 4.78 is 2.10. The van der Waals surface area contributed by atoms with Crippen LogP contribution >= 0.6 is 0 Å². The van der Waals surface area contributed by atoms with Crippen molar-refractivity contribution in [3.63, 3.8) is 0 Å². The Morgan fingerprint density at radius 3 is 3.21 bits per heavy atom. The molecule has 0 bridgehead atoms. The van der Waals surface area contributed by atoms with Gasteiger partial charge in [0.05, 0.1) is 0 Å². The van der Waals surface area contributed by atoms with Crippen LogP contribution in [0.4, 0.5) is 0 Å². The second-order valence-electron chi connectivity index (χ2n) is 4.54. The number of amides is 2. The Hall–Kier alpha value is -2.11. The molecule has 0 saturated carbocycles. The van der Waals surface area contributed by atoms with Crippen molar-refractivity contribution in [2.45, 2.75) is 31.8 Å². The summed E-state index contributed by atoms with van der Waals surface area (Å²) in [7, 11) is 0. The molecule has 1 aromatic heterocycles. The highest BCUT2D eigenvalue weighted by Crippen LogP contribution is 2.12. The second kappa shape index (κ2) is 6.17. The van der Waals surface area contributed by atoms with E-state index in [4.69, 9.17) is 0 Å². The predicted molar refractivity (Wildman–Crippen MR) is 70.3 cm³/mol. The van der Waals surface area contributed by atoms with E-state index < -0.39 is 0 Å². The number of aromatic nitrogens is 2. The van der Waals surface area contributed by atoms with Gasteiger partial charge in [0.2, 0.25) is 11.8 Å². The lowest BCUT2D eigenvalue weighted by Gasteiger charge is -2.24. The average Bonchev–Trinajstić information content (AvgIpc) is 2.85. The maximum absolute atomic E-state index is 11.7. The summed E-state index contributed by atoms with van der Waals surface area (Å²) in [5, 5.41) is 5.55. The van der Waals surface area contributed by atoms with E-state index in [-0.39, 0.29) is 24.3 Å². The Morgan fingerprint density at radius 2 is 2.42 bits per heavy atom. The van der Waals surface area contributed by atoms with Crippen LogP contribution in [0.3, 0.4) is 0 Å². The number of hydrogen-bond donors (Lipinski definition) is 2. The molecule has 0 fully saturated rings. The van der Waals surface area contributed by atoms with Gasteiger partial charge in [0.15, 0.2) is 0 Å². The maximum atomic E-state index is 11.7. The molecule has 6 nitrogen and oxygen atoms in total. The van der Waals surface area contributed by atoms with Gasteiger partial charge in [0.25, 0.3) is 0 Å². The molecule has 2 rings (SSSR count). The molecule has 1 aliphatic rings. The SMILES string of the molecule is C=CC(=O)NCCC(=O)NC1CCn2ccnc2C1. The van der Waals surface area contributed by atoms with Crippen LogP contribution in [-0.2, 0) is 22.6 Å². The van der Waals surface area contributed by atoms with Crippen molar-refractivity contribution in [3.8, 4) is 0 Å². The fourth-order valence-electron chi connectivity index (χ4n) is 2.15. The summed E-state index contributed by atoms with van der Waals surface area (Å²) in [5.74, 6) is 0.707. The fraction of sp³-hybridized carbons (Fsp3) is 0.462. The van der Waals surface area contributed by atoms with Gasteiger partial charge in [-0.15, -0.1) is 0 Å². The lowest BCUT2D eigenvalue weighted by atomic mass is 10.1. The lowest BCUT2D eigenvalue weighted by Crippen LogP contribution is -2.41. The highest BCUT2D eigenvalue weighted by Gasteiger charge is 2.20. The zero-order valence-corrected chi connectivity index (χ0v) is 10.8. The molecule has 0 saturated heterocycles. The van der Waals surface area contributed by atoms with Gasteiger partial charge >= 0.3 is 0 Å². The Labute approximate surface area is 111 Å². The van der Waals surface area contributed by atoms with Crippen molar-refractivity contribution in [2.24, 2.45) is 0 Å². The first-order valence-corrected chi connectivity index (χ1v) is 6.38. The number of rotatable bonds is 5. The summed E-state index contributed by atoms with van der Waals surface area (Å²) in [6.07, 6.45) is 6.89. The summed E-state index contributed by atoms with van der Waals surface area (Å²) in [6, 6.07) is 0.137. The number of nitrogens with zero attached hydrogens (tertiary/aromatic N) is 2. The van der Waals surface area contributed by atoms with Crippen LogP contribution < -0.4 is 10.6 Å². The highest BCUT2D eigenvalue weighted by atomic mass is 16.2. The van der Waals surface area contributed by atoms with Crippen LogP contribution in [0.25, 0.3) is 0 Å². The summed E-state index contributed by atoms with van der Waals surface area (Å²) in [6.45, 7) is 4.56. The Morgan fingerprint density at radius 1 is 1.58 bits per heavy atom. The van der Waals surface area contributed by atoms with Gasteiger partial charge in [0, 0.05) is 44.4 Å². The minimum Gasteiger partial charge on any atom is -0.353 e. The molecule has 2 heterocycles. The molecule has 2 N–H and O–H groups in total. The van der Waals surface area contributed by atoms with E-state index in [1.807, 2.05) is 6.20 Å². The van der Waals surface area contributed by atoms with Gasteiger partial charge in [0.1, 0.15) is 5.82 Å². The predicted octanol–water partition coefficient (Wildman–Crippen LogP) is 0.00640. The third kappa shape index (κ3) is 3.67. The molecule has 6 heteroatoms. The molecule has 1 aromatic rings. The first kappa shape index (κ1) is 13.3. The molecule has 1 unspecified atom stereocenters. The Bertz CT molecular complexity index is 481. The quantitative estimate of drug-likeness (QED) is 0.734. The number of imidazole rings is 1. The van der Waals surface area contributed by atoms with Crippen molar-refractivity contribution in [3.05, 3.63) is 30.9 Å². The zero-order valence-electron chi connectivity index (χ0n) is 10.8. The van der Waals surface area contributed by atoms with E-state index in [1.54, 1.807) is 6.20 Å². The molecular weight excluding hydrogens is 244 g/mol. The van der Waals surface area contributed by atoms with Crippen molar-refractivity contribution >= 4 is 11.8 Å². The first-order valence-electron chi connectivity index (χ1n) is 6.38. The average molecular weight is 262 g/mol. The van der Waals surface area contributed by atoms with Gasteiger partial charge in [-0.3, -0.25) is 9.59 Å². The van der Waals surface area contributed by atoms with Crippen molar-refractivity contribution < 1.29 is 9.59 Å². The van der Waals surface area contributed by atoms with Gasteiger partial charge in [-0.2, -0.15) is 0 Å². The number of nitrogens with one attached hydrogen (secondary N) is 2. The topological polar surface area (TPSA) is 76.0 Å². The van der Waals surface area contributed by atoms with Crippen LogP contribution in [0.2, 0.25) is 0 Å². The molecule has 102 valence electrons. The van der Waals surface area contributed by atoms with Gasteiger partial charge in [-0.1, -0.05) is 6.58 Å². The maximum Gasteiger partial charge on any atom is 0.243 e. The number of carbonyl (C=O) groups excluding carboxylic acids is 2. The van der Waals surface area contributed by atoms with Crippen LogP contribution in [0, 0.1) is 0 Å². The fourth-order valence-corrected chi connectivity index (χ4v) is 2.15. The summed E-state index contributed by atoms with van der Waals surface area (Å²) in [4.78, 5) is 26.9. The van der Waals surface area contributed by atoms with E-state index in [2.05, 4.69) is 26.8 Å². The van der Waals surface area contributed by atoms with E-state index >= 15 is 0 Å². The number of aryl methyl sites for hydroxylation is 1. The normalized spacial score (nSPS) is 17.4.